The molecule has 3 heterocycles. The second-order valence-electron chi connectivity index (χ2n) is 7.31. The van der Waals surface area contributed by atoms with Gasteiger partial charge in [0.25, 0.3) is 6.01 Å². The Labute approximate surface area is 179 Å². The summed E-state index contributed by atoms with van der Waals surface area (Å²) in [6, 6.07) is 14.0. The number of ether oxygens (including phenoxy) is 2. The van der Waals surface area contributed by atoms with Gasteiger partial charge in [0.05, 0.1) is 20.8 Å². The van der Waals surface area contributed by atoms with Crippen LogP contribution < -0.4 is 14.4 Å². The largest absolute Gasteiger partial charge is 0.493 e. The highest BCUT2D eigenvalue weighted by molar-refractivity contribution is 5.74. The number of fused-ring (bicyclic) bond motifs is 1. The van der Waals surface area contributed by atoms with Gasteiger partial charge in [-0.15, -0.1) is 0 Å². The van der Waals surface area contributed by atoms with Gasteiger partial charge in [-0.1, -0.05) is 17.3 Å². The predicted molar refractivity (Wildman–Crippen MR) is 114 cm³/mol. The Bertz CT molecular complexity index is 1150. The smallest absolute Gasteiger partial charge is 0.298 e. The van der Waals surface area contributed by atoms with Crippen molar-refractivity contribution in [3.63, 3.8) is 0 Å². The number of piperazine rings is 1. The highest BCUT2D eigenvalue weighted by Gasteiger charge is 2.23. The molecule has 0 aliphatic carbocycles. The van der Waals surface area contributed by atoms with E-state index in [0.29, 0.717) is 35.8 Å². The summed E-state index contributed by atoms with van der Waals surface area (Å²) in [4.78, 5) is 13.6. The zero-order chi connectivity index (χ0) is 21.2. The molecule has 0 spiro atoms. The molecular formula is C22H23N5O4. The van der Waals surface area contributed by atoms with Crippen molar-refractivity contribution in [2.24, 2.45) is 0 Å². The number of para-hydroxylation sites is 2. The van der Waals surface area contributed by atoms with Crippen LogP contribution in [0.15, 0.2) is 51.4 Å². The van der Waals surface area contributed by atoms with E-state index >= 15 is 0 Å². The molecule has 0 amide bonds. The number of hydrogen-bond donors (Lipinski definition) is 0. The predicted octanol–water partition coefficient (Wildman–Crippen LogP) is 3.22. The number of methoxy groups -OCH3 is 2. The molecule has 0 bridgehead atoms. The molecule has 0 radical (unpaired) electrons. The van der Waals surface area contributed by atoms with Gasteiger partial charge in [-0.2, -0.15) is 9.97 Å². The Hall–Kier alpha value is -3.59. The van der Waals surface area contributed by atoms with Crippen molar-refractivity contribution in [3.8, 4) is 22.9 Å². The van der Waals surface area contributed by atoms with Crippen LogP contribution in [0.1, 0.15) is 5.89 Å². The number of oxazole rings is 1. The van der Waals surface area contributed by atoms with Gasteiger partial charge >= 0.3 is 0 Å². The lowest BCUT2D eigenvalue weighted by molar-refractivity contribution is 0.213. The van der Waals surface area contributed by atoms with Crippen LogP contribution in [-0.2, 0) is 6.54 Å². The zero-order valence-electron chi connectivity index (χ0n) is 17.4. The van der Waals surface area contributed by atoms with Crippen molar-refractivity contribution in [1.82, 2.24) is 20.0 Å². The van der Waals surface area contributed by atoms with E-state index in [1.54, 1.807) is 14.2 Å². The molecule has 5 rings (SSSR count). The molecular weight excluding hydrogens is 398 g/mol. The van der Waals surface area contributed by atoms with E-state index in [1.165, 1.54) is 0 Å². The number of anilines is 1. The van der Waals surface area contributed by atoms with Crippen molar-refractivity contribution in [3.05, 3.63) is 48.4 Å². The summed E-state index contributed by atoms with van der Waals surface area (Å²) in [6.45, 7) is 3.95. The van der Waals surface area contributed by atoms with Crippen LogP contribution in [0.2, 0.25) is 0 Å². The summed E-state index contributed by atoms with van der Waals surface area (Å²) in [5.41, 5.74) is 2.51. The molecule has 1 aliphatic rings. The fourth-order valence-corrected chi connectivity index (χ4v) is 3.70. The summed E-state index contributed by atoms with van der Waals surface area (Å²) < 4.78 is 22.0. The van der Waals surface area contributed by atoms with E-state index in [1.807, 2.05) is 42.5 Å². The van der Waals surface area contributed by atoms with Gasteiger partial charge in [-0.25, -0.2) is 0 Å². The minimum atomic E-state index is 0.529. The van der Waals surface area contributed by atoms with Crippen molar-refractivity contribution in [2.75, 3.05) is 45.3 Å². The standard InChI is InChI=1S/C22H23N5O4/c1-28-18-8-7-15(13-19(18)29-2)21-24-20(31-25-21)14-26-9-11-27(12-10-26)22-23-16-5-3-4-6-17(16)30-22/h3-8,13H,9-12,14H2,1-2H3. The monoisotopic (exact) mass is 421 g/mol. The van der Waals surface area contributed by atoms with Crippen LogP contribution in [0.25, 0.3) is 22.5 Å². The maximum absolute atomic E-state index is 5.88. The van der Waals surface area contributed by atoms with Gasteiger partial charge in [0, 0.05) is 31.7 Å². The van der Waals surface area contributed by atoms with Gasteiger partial charge < -0.3 is 23.3 Å². The lowest BCUT2D eigenvalue weighted by atomic mass is 10.2. The Morgan fingerprint density at radius 2 is 1.74 bits per heavy atom. The van der Waals surface area contributed by atoms with Crippen molar-refractivity contribution < 1.29 is 18.4 Å². The minimum absolute atomic E-state index is 0.529. The fourth-order valence-electron chi connectivity index (χ4n) is 3.70. The van der Waals surface area contributed by atoms with Crippen LogP contribution in [0, 0.1) is 0 Å². The SMILES string of the molecule is COc1ccc(-c2noc(CN3CCN(c4nc5ccccc5o4)CC3)n2)cc1OC. The van der Waals surface area contributed by atoms with E-state index in [2.05, 4.69) is 24.9 Å². The van der Waals surface area contributed by atoms with E-state index in [9.17, 15) is 0 Å². The summed E-state index contributed by atoms with van der Waals surface area (Å²) in [7, 11) is 3.21. The molecule has 0 atom stereocenters. The maximum Gasteiger partial charge on any atom is 0.298 e. The van der Waals surface area contributed by atoms with E-state index in [0.717, 1.165) is 42.8 Å². The summed E-state index contributed by atoms with van der Waals surface area (Å²) >= 11 is 0. The third kappa shape index (κ3) is 3.91. The molecule has 1 aliphatic heterocycles. The van der Waals surface area contributed by atoms with Crippen LogP contribution in [0.4, 0.5) is 6.01 Å². The van der Waals surface area contributed by atoms with Crippen LogP contribution in [-0.4, -0.2) is 60.4 Å². The zero-order valence-corrected chi connectivity index (χ0v) is 17.4. The highest BCUT2D eigenvalue weighted by Crippen LogP contribution is 2.31. The van der Waals surface area contributed by atoms with Crippen LogP contribution in [0.5, 0.6) is 11.5 Å². The normalized spacial score (nSPS) is 14.8. The first kappa shape index (κ1) is 19.4. The number of rotatable bonds is 6. The Balaban J connectivity index is 1.22. The van der Waals surface area contributed by atoms with Gasteiger partial charge in [-0.3, -0.25) is 4.90 Å². The molecule has 2 aromatic carbocycles. The first-order valence-corrected chi connectivity index (χ1v) is 10.1. The molecule has 160 valence electrons. The first-order valence-electron chi connectivity index (χ1n) is 10.1. The lowest BCUT2D eigenvalue weighted by Gasteiger charge is -2.32. The number of nitrogens with zero attached hydrogens (tertiary/aromatic N) is 5. The molecule has 2 aromatic heterocycles. The molecule has 9 nitrogen and oxygen atoms in total. The lowest BCUT2D eigenvalue weighted by Crippen LogP contribution is -2.46. The summed E-state index contributed by atoms with van der Waals surface area (Å²) in [6.07, 6.45) is 0. The number of aromatic nitrogens is 3. The third-order valence-corrected chi connectivity index (χ3v) is 5.39. The topological polar surface area (TPSA) is 89.9 Å². The fraction of sp³-hybridized carbons (Fsp3) is 0.318. The molecule has 9 heteroatoms. The summed E-state index contributed by atoms with van der Waals surface area (Å²) in [5, 5.41) is 4.13. The Morgan fingerprint density at radius 1 is 0.935 bits per heavy atom. The average molecular weight is 421 g/mol. The second kappa shape index (κ2) is 8.27. The quantitative estimate of drug-likeness (QED) is 0.465. The Kier molecular flexibility index (Phi) is 5.17. The molecule has 4 aromatic rings. The van der Waals surface area contributed by atoms with Crippen LogP contribution >= 0.6 is 0 Å². The highest BCUT2D eigenvalue weighted by atomic mass is 16.5. The maximum atomic E-state index is 5.88. The molecule has 0 saturated carbocycles. The number of hydrogen-bond acceptors (Lipinski definition) is 9. The number of benzene rings is 2. The molecule has 1 saturated heterocycles. The van der Waals surface area contributed by atoms with Crippen molar-refractivity contribution in [1.29, 1.82) is 0 Å². The van der Waals surface area contributed by atoms with Gasteiger partial charge in [-0.05, 0) is 30.3 Å². The van der Waals surface area contributed by atoms with Crippen LogP contribution in [0.3, 0.4) is 0 Å². The van der Waals surface area contributed by atoms with E-state index in [4.69, 9.17) is 18.4 Å². The molecule has 31 heavy (non-hydrogen) atoms. The molecule has 0 N–H and O–H groups in total. The van der Waals surface area contributed by atoms with E-state index < -0.39 is 0 Å². The van der Waals surface area contributed by atoms with Crippen molar-refractivity contribution in [2.45, 2.75) is 6.54 Å². The third-order valence-electron chi connectivity index (χ3n) is 5.39. The van der Waals surface area contributed by atoms with Gasteiger partial charge in [0.15, 0.2) is 17.1 Å². The minimum Gasteiger partial charge on any atom is -0.493 e. The Morgan fingerprint density at radius 3 is 2.52 bits per heavy atom. The second-order valence-corrected chi connectivity index (χ2v) is 7.31. The van der Waals surface area contributed by atoms with E-state index in [-0.39, 0.29) is 0 Å². The van der Waals surface area contributed by atoms with Gasteiger partial charge in [0.2, 0.25) is 11.7 Å². The molecule has 0 unspecified atom stereocenters. The van der Waals surface area contributed by atoms with Crippen molar-refractivity contribution >= 4 is 17.1 Å². The first-order chi connectivity index (χ1) is 15.2. The van der Waals surface area contributed by atoms with Gasteiger partial charge in [0.1, 0.15) is 5.52 Å². The molecule has 1 fully saturated rings. The summed E-state index contributed by atoms with van der Waals surface area (Å²) in [5.74, 6) is 2.40. The average Bonchev–Trinajstić information content (AvgIpc) is 3.46.